The van der Waals surface area contributed by atoms with Crippen molar-refractivity contribution in [2.45, 2.75) is 46.5 Å². The van der Waals surface area contributed by atoms with Crippen molar-refractivity contribution >= 4 is 0 Å². The molecule has 0 amide bonds. The summed E-state index contributed by atoms with van der Waals surface area (Å²) in [7, 11) is 2.03. The first kappa shape index (κ1) is 13.7. The molecule has 1 N–H and O–H groups in total. The van der Waals surface area contributed by atoms with E-state index in [2.05, 4.69) is 38.2 Å². The van der Waals surface area contributed by atoms with E-state index in [1.54, 1.807) is 0 Å². The maximum Gasteiger partial charge on any atom is -0.00491 e. The highest BCUT2D eigenvalue weighted by Gasteiger charge is 2.10. The summed E-state index contributed by atoms with van der Waals surface area (Å²) in [4.78, 5) is 0. The van der Waals surface area contributed by atoms with Crippen LogP contribution in [-0.4, -0.2) is 13.6 Å². The average molecular weight is 197 g/mol. The Kier molecular flexibility index (Phi) is 9.06. The molecule has 0 fully saturated rings. The number of hydrogen-bond acceptors (Lipinski definition) is 1. The highest BCUT2D eigenvalue weighted by Crippen LogP contribution is 2.19. The van der Waals surface area contributed by atoms with Crippen molar-refractivity contribution in [2.24, 2.45) is 11.8 Å². The van der Waals surface area contributed by atoms with Gasteiger partial charge < -0.3 is 5.32 Å². The first-order valence-corrected chi connectivity index (χ1v) is 6.02. The Morgan fingerprint density at radius 2 is 1.93 bits per heavy atom. The first-order chi connectivity index (χ1) is 6.72. The highest BCUT2D eigenvalue weighted by atomic mass is 14.8. The lowest BCUT2D eigenvalue weighted by molar-refractivity contribution is 0.359. The van der Waals surface area contributed by atoms with Crippen LogP contribution < -0.4 is 5.32 Å². The molecule has 1 heteroatoms. The van der Waals surface area contributed by atoms with E-state index in [9.17, 15) is 0 Å². The average Bonchev–Trinajstić information content (AvgIpc) is 2.16. The number of nitrogens with one attached hydrogen (secondary N) is 1. The molecular weight excluding hydrogens is 170 g/mol. The summed E-state index contributed by atoms with van der Waals surface area (Å²) in [6.07, 6.45) is 9.73. The fourth-order valence-electron chi connectivity index (χ4n) is 1.61. The van der Waals surface area contributed by atoms with Gasteiger partial charge in [0.15, 0.2) is 0 Å². The Hall–Kier alpha value is -0.300. The van der Waals surface area contributed by atoms with Gasteiger partial charge in [-0.25, -0.2) is 0 Å². The van der Waals surface area contributed by atoms with Gasteiger partial charge in [0.1, 0.15) is 0 Å². The lowest BCUT2D eigenvalue weighted by atomic mass is 9.89. The molecule has 0 aromatic heterocycles. The summed E-state index contributed by atoms with van der Waals surface area (Å²) in [5, 5.41) is 3.23. The summed E-state index contributed by atoms with van der Waals surface area (Å²) < 4.78 is 0. The maximum atomic E-state index is 3.23. The number of rotatable bonds is 8. The maximum absolute atomic E-state index is 3.23. The molecule has 0 bridgehead atoms. The molecule has 0 spiro atoms. The first-order valence-electron chi connectivity index (χ1n) is 6.02. The van der Waals surface area contributed by atoms with Gasteiger partial charge in [-0.05, 0) is 44.7 Å². The Morgan fingerprint density at radius 1 is 1.21 bits per heavy atom. The molecule has 1 unspecified atom stereocenters. The lowest BCUT2D eigenvalue weighted by Crippen LogP contribution is -2.16. The summed E-state index contributed by atoms with van der Waals surface area (Å²) in [5.74, 6) is 1.64. The molecule has 1 nitrogen and oxygen atoms in total. The van der Waals surface area contributed by atoms with E-state index in [0.29, 0.717) is 0 Å². The lowest BCUT2D eigenvalue weighted by Gasteiger charge is -2.18. The van der Waals surface area contributed by atoms with Crippen molar-refractivity contribution in [3.63, 3.8) is 0 Å². The standard InChI is InChI=1S/C13H27N/c1-5-6-7-8-9-13(12(2)3)10-11-14-4/h7-8,12-14H,5-6,9-11H2,1-4H3. The molecule has 14 heavy (non-hydrogen) atoms. The highest BCUT2D eigenvalue weighted by molar-refractivity contribution is 4.84. The van der Waals surface area contributed by atoms with Crippen LogP contribution in [0.5, 0.6) is 0 Å². The van der Waals surface area contributed by atoms with Crippen LogP contribution in [0.1, 0.15) is 46.5 Å². The van der Waals surface area contributed by atoms with Crippen molar-refractivity contribution in [1.29, 1.82) is 0 Å². The van der Waals surface area contributed by atoms with Gasteiger partial charge in [-0.2, -0.15) is 0 Å². The monoisotopic (exact) mass is 197 g/mol. The molecule has 0 aliphatic heterocycles. The van der Waals surface area contributed by atoms with Crippen LogP contribution in [-0.2, 0) is 0 Å². The van der Waals surface area contributed by atoms with Gasteiger partial charge in [-0.3, -0.25) is 0 Å². The van der Waals surface area contributed by atoms with E-state index < -0.39 is 0 Å². The van der Waals surface area contributed by atoms with Crippen LogP contribution in [0.15, 0.2) is 12.2 Å². The molecule has 0 heterocycles. The second-order valence-corrected chi connectivity index (χ2v) is 4.39. The van der Waals surface area contributed by atoms with E-state index in [4.69, 9.17) is 0 Å². The quantitative estimate of drug-likeness (QED) is 0.586. The minimum absolute atomic E-state index is 0.801. The molecule has 0 rings (SSSR count). The van der Waals surface area contributed by atoms with Crippen LogP contribution in [0.3, 0.4) is 0 Å². The summed E-state index contributed by atoms with van der Waals surface area (Å²) in [5.41, 5.74) is 0. The number of unbranched alkanes of at least 4 members (excludes halogenated alkanes) is 1. The van der Waals surface area contributed by atoms with Crippen LogP contribution in [0.2, 0.25) is 0 Å². The molecule has 0 aliphatic rings. The largest absolute Gasteiger partial charge is 0.320 e. The third kappa shape index (κ3) is 7.14. The van der Waals surface area contributed by atoms with Crippen molar-refractivity contribution < 1.29 is 0 Å². The second-order valence-electron chi connectivity index (χ2n) is 4.39. The van der Waals surface area contributed by atoms with Crippen LogP contribution in [0.4, 0.5) is 0 Å². The molecule has 0 aliphatic carbocycles. The van der Waals surface area contributed by atoms with Gasteiger partial charge in [0, 0.05) is 0 Å². The fourth-order valence-corrected chi connectivity index (χ4v) is 1.61. The molecular formula is C13H27N. The third-order valence-electron chi connectivity index (χ3n) is 2.77. The topological polar surface area (TPSA) is 12.0 Å². The van der Waals surface area contributed by atoms with Gasteiger partial charge in [-0.1, -0.05) is 39.3 Å². The summed E-state index contributed by atoms with van der Waals surface area (Å²) >= 11 is 0. The zero-order valence-corrected chi connectivity index (χ0v) is 10.3. The van der Waals surface area contributed by atoms with Gasteiger partial charge >= 0.3 is 0 Å². The van der Waals surface area contributed by atoms with Crippen molar-refractivity contribution in [2.75, 3.05) is 13.6 Å². The second kappa shape index (κ2) is 9.26. The van der Waals surface area contributed by atoms with E-state index in [0.717, 1.165) is 18.4 Å². The zero-order chi connectivity index (χ0) is 10.8. The van der Waals surface area contributed by atoms with Crippen molar-refractivity contribution in [3.8, 4) is 0 Å². The zero-order valence-electron chi connectivity index (χ0n) is 10.3. The molecule has 1 atom stereocenters. The van der Waals surface area contributed by atoms with E-state index in [-0.39, 0.29) is 0 Å². The van der Waals surface area contributed by atoms with Gasteiger partial charge in [0.2, 0.25) is 0 Å². The summed E-state index contributed by atoms with van der Waals surface area (Å²) in [6, 6.07) is 0. The predicted octanol–water partition coefficient (Wildman–Crippen LogP) is 3.61. The third-order valence-corrected chi connectivity index (χ3v) is 2.77. The van der Waals surface area contributed by atoms with E-state index in [1.807, 2.05) is 7.05 Å². The Balaban J connectivity index is 3.72. The van der Waals surface area contributed by atoms with Crippen molar-refractivity contribution in [3.05, 3.63) is 12.2 Å². The molecule has 0 radical (unpaired) electrons. The minimum Gasteiger partial charge on any atom is -0.320 e. The van der Waals surface area contributed by atoms with Crippen LogP contribution >= 0.6 is 0 Å². The molecule has 0 saturated carbocycles. The van der Waals surface area contributed by atoms with Crippen LogP contribution in [0.25, 0.3) is 0 Å². The van der Waals surface area contributed by atoms with Gasteiger partial charge in [-0.15, -0.1) is 0 Å². The molecule has 0 aromatic rings. The molecule has 84 valence electrons. The Morgan fingerprint density at radius 3 is 2.43 bits per heavy atom. The van der Waals surface area contributed by atoms with E-state index >= 15 is 0 Å². The number of hydrogen-bond donors (Lipinski definition) is 1. The Bertz CT molecular complexity index is 138. The Labute approximate surface area is 90.0 Å². The molecule has 0 saturated heterocycles. The minimum atomic E-state index is 0.801. The number of allylic oxidation sites excluding steroid dienone is 2. The fraction of sp³-hybridized carbons (Fsp3) is 0.846. The van der Waals surface area contributed by atoms with Gasteiger partial charge in [0.05, 0.1) is 0 Å². The SMILES string of the molecule is CCCC=CCC(CCNC)C(C)C. The van der Waals surface area contributed by atoms with Crippen LogP contribution in [0, 0.1) is 11.8 Å². The predicted molar refractivity (Wildman–Crippen MR) is 65.5 cm³/mol. The normalized spacial score (nSPS) is 14.1. The smallest absolute Gasteiger partial charge is 0.00491 e. The summed E-state index contributed by atoms with van der Waals surface area (Å²) in [6.45, 7) is 8.03. The molecule has 0 aromatic carbocycles. The van der Waals surface area contributed by atoms with E-state index in [1.165, 1.54) is 25.7 Å². The van der Waals surface area contributed by atoms with Crippen molar-refractivity contribution in [1.82, 2.24) is 5.32 Å². The van der Waals surface area contributed by atoms with Gasteiger partial charge in [0.25, 0.3) is 0 Å².